The molecule has 1 aromatic rings. The highest BCUT2D eigenvalue weighted by molar-refractivity contribution is 14.0. The minimum absolute atomic E-state index is 0. The topological polar surface area (TPSA) is 43.3 Å². The summed E-state index contributed by atoms with van der Waals surface area (Å²) in [5, 5.41) is 3.58. The van der Waals surface area contributed by atoms with Crippen LogP contribution in [0, 0.1) is 5.82 Å². The van der Waals surface area contributed by atoms with Gasteiger partial charge in [0.05, 0.1) is 5.69 Å². The molecule has 8 heteroatoms. The largest absolute Gasteiger partial charge is 0.381 e. The Balaban J connectivity index is 0.00000280. The SMILES string of the molecule is CN=C(NCC1(N(C)C)CCOCC1)N1CCN(c2ccccc2F)CC1.I. The average Bonchev–Trinajstić information content (AvgIpc) is 2.70. The fourth-order valence-corrected chi connectivity index (χ4v) is 3.98. The van der Waals surface area contributed by atoms with Crippen LogP contribution in [0.2, 0.25) is 0 Å². The quantitative estimate of drug-likeness (QED) is 0.387. The van der Waals surface area contributed by atoms with Gasteiger partial charge >= 0.3 is 0 Å². The standard InChI is InChI=1S/C20H32FN5O.HI/c1-22-19(23-16-20(24(2)3)8-14-27-15-9-20)26-12-10-25(11-13-26)18-7-5-4-6-17(18)21;/h4-7H,8-16H2,1-3H3,(H,22,23);1H. The highest BCUT2D eigenvalue weighted by Crippen LogP contribution is 2.25. The Bertz CT molecular complexity index is 643. The fraction of sp³-hybridized carbons (Fsp3) is 0.650. The fourth-order valence-electron chi connectivity index (χ4n) is 3.98. The van der Waals surface area contributed by atoms with Crippen molar-refractivity contribution in [1.29, 1.82) is 0 Å². The third-order valence-corrected chi connectivity index (χ3v) is 5.93. The minimum atomic E-state index is -0.152. The molecule has 0 radical (unpaired) electrons. The smallest absolute Gasteiger partial charge is 0.193 e. The Hall–Kier alpha value is -1.13. The molecule has 0 atom stereocenters. The van der Waals surface area contributed by atoms with Crippen LogP contribution in [0.4, 0.5) is 10.1 Å². The van der Waals surface area contributed by atoms with Crippen molar-refractivity contribution < 1.29 is 9.13 Å². The summed E-state index contributed by atoms with van der Waals surface area (Å²) in [6, 6.07) is 7.00. The van der Waals surface area contributed by atoms with E-state index in [9.17, 15) is 4.39 Å². The van der Waals surface area contributed by atoms with Crippen molar-refractivity contribution in [2.75, 3.05) is 72.0 Å². The van der Waals surface area contributed by atoms with Crippen LogP contribution in [-0.4, -0.2) is 88.4 Å². The number of likely N-dealkylation sites (N-methyl/N-ethyl adjacent to an activating group) is 1. The number of anilines is 1. The third-order valence-electron chi connectivity index (χ3n) is 5.93. The van der Waals surface area contributed by atoms with Crippen molar-refractivity contribution in [3.8, 4) is 0 Å². The van der Waals surface area contributed by atoms with E-state index in [0.29, 0.717) is 5.69 Å². The van der Waals surface area contributed by atoms with Crippen LogP contribution in [0.25, 0.3) is 0 Å². The number of piperazine rings is 1. The summed E-state index contributed by atoms with van der Waals surface area (Å²) >= 11 is 0. The maximum atomic E-state index is 14.0. The zero-order valence-corrected chi connectivity index (χ0v) is 19.5. The number of hydrogen-bond donors (Lipinski definition) is 1. The van der Waals surface area contributed by atoms with Crippen LogP contribution in [0.1, 0.15) is 12.8 Å². The number of benzene rings is 1. The van der Waals surface area contributed by atoms with Crippen molar-refractivity contribution in [2.24, 2.45) is 4.99 Å². The summed E-state index contributed by atoms with van der Waals surface area (Å²) in [7, 11) is 6.11. The Morgan fingerprint density at radius 2 is 1.82 bits per heavy atom. The van der Waals surface area contributed by atoms with E-state index in [1.807, 2.05) is 19.2 Å². The Kier molecular flexibility index (Phi) is 8.76. The minimum Gasteiger partial charge on any atom is -0.381 e. The normalized spacial score (nSPS) is 20.1. The first-order valence-electron chi connectivity index (χ1n) is 9.76. The number of para-hydroxylation sites is 1. The number of nitrogens with zero attached hydrogens (tertiary/aromatic N) is 4. The molecule has 1 N–H and O–H groups in total. The van der Waals surface area contributed by atoms with Crippen LogP contribution >= 0.6 is 24.0 Å². The van der Waals surface area contributed by atoms with Gasteiger partial charge in [-0.1, -0.05) is 12.1 Å². The Labute approximate surface area is 185 Å². The maximum absolute atomic E-state index is 14.0. The molecule has 0 bridgehead atoms. The van der Waals surface area contributed by atoms with Gasteiger partial charge in [0.25, 0.3) is 0 Å². The summed E-state index contributed by atoms with van der Waals surface area (Å²) in [5.41, 5.74) is 0.789. The van der Waals surface area contributed by atoms with Gasteiger partial charge in [0.1, 0.15) is 5.82 Å². The Morgan fingerprint density at radius 3 is 2.39 bits per heavy atom. The van der Waals surface area contributed by atoms with Gasteiger partial charge in [-0.15, -0.1) is 24.0 Å². The molecule has 2 aliphatic rings. The van der Waals surface area contributed by atoms with Crippen molar-refractivity contribution in [1.82, 2.24) is 15.1 Å². The number of hydrogen-bond acceptors (Lipinski definition) is 4. The number of rotatable bonds is 4. The summed E-state index contributed by atoms with van der Waals surface area (Å²) in [6.45, 7) is 5.68. The molecule has 0 amide bonds. The summed E-state index contributed by atoms with van der Waals surface area (Å²) in [6.07, 6.45) is 2.04. The molecule has 2 aliphatic heterocycles. The van der Waals surface area contributed by atoms with E-state index in [1.54, 1.807) is 6.07 Å². The third kappa shape index (κ3) is 5.27. The first-order valence-corrected chi connectivity index (χ1v) is 9.76. The number of ether oxygens (including phenoxy) is 1. The molecule has 1 aromatic carbocycles. The van der Waals surface area contributed by atoms with E-state index in [1.165, 1.54) is 6.07 Å². The predicted octanol–water partition coefficient (Wildman–Crippen LogP) is 2.25. The van der Waals surface area contributed by atoms with Gasteiger partial charge in [-0.2, -0.15) is 0 Å². The van der Waals surface area contributed by atoms with Gasteiger partial charge in [0.2, 0.25) is 0 Å². The lowest BCUT2D eigenvalue weighted by Gasteiger charge is -2.44. The summed E-state index contributed by atoms with van der Waals surface area (Å²) < 4.78 is 19.6. The molecule has 28 heavy (non-hydrogen) atoms. The van der Waals surface area contributed by atoms with Gasteiger partial charge < -0.3 is 24.8 Å². The van der Waals surface area contributed by atoms with E-state index in [2.05, 4.69) is 39.1 Å². The van der Waals surface area contributed by atoms with Gasteiger partial charge in [0.15, 0.2) is 5.96 Å². The summed E-state index contributed by atoms with van der Waals surface area (Å²) in [4.78, 5) is 11.2. The number of nitrogens with one attached hydrogen (secondary N) is 1. The van der Waals surface area contributed by atoms with Crippen molar-refractivity contribution in [3.05, 3.63) is 30.1 Å². The molecular formula is C20H33FIN5O. The summed E-state index contributed by atoms with van der Waals surface area (Å²) in [5.74, 6) is 0.775. The average molecular weight is 505 g/mol. The second kappa shape index (κ2) is 10.6. The lowest BCUT2D eigenvalue weighted by atomic mass is 9.88. The molecule has 2 fully saturated rings. The molecule has 2 saturated heterocycles. The molecular weight excluding hydrogens is 472 g/mol. The number of halogens is 2. The van der Waals surface area contributed by atoms with Gasteiger partial charge in [-0.25, -0.2) is 4.39 Å². The van der Waals surface area contributed by atoms with E-state index < -0.39 is 0 Å². The van der Waals surface area contributed by atoms with Crippen molar-refractivity contribution in [3.63, 3.8) is 0 Å². The predicted molar refractivity (Wildman–Crippen MR) is 123 cm³/mol. The van der Waals surface area contributed by atoms with Crippen LogP contribution < -0.4 is 10.2 Å². The molecule has 0 unspecified atom stereocenters. The molecule has 2 heterocycles. The maximum Gasteiger partial charge on any atom is 0.193 e. The number of guanidine groups is 1. The van der Waals surface area contributed by atoms with Crippen molar-refractivity contribution >= 4 is 35.6 Å². The molecule has 3 rings (SSSR count). The monoisotopic (exact) mass is 505 g/mol. The molecule has 158 valence electrons. The molecule has 0 aliphatic carbocycles. The van der Waals surface area contributed by atoms with Gasteiger partial charge in [0, 0.05) is 58.5 Å². The van der Waals surface area contributed by atoms with E-state index in [4.69, 9.17) is 4.74 Å². The van der Waals surface area contributed by atoms with Gasteiger partial charge in [-0.3, -0.25) is 4.99 Å². The molecule has 0 spiro atoms. The lowest BCUT2D eigenvalue weighted by Crippen LogP contribution is -2.59. The second-order valence-corrected chi connectivity index (χ2v) is 7.56. The zero-order chi connectivity index (χ0) is 19.3. The zero-order valence-electron chi connectivity index (χ0n) is 17.2. The van der Waals surface area contributed by atoms with Crippen molar-refractivity contribution in [2.45, 2.75) is 18.4 Å². The Morgan fingerprint density at radius 1 is 1.18 bits per heavy atom. The van der Waals surface area contributed by atoms with Crippen LogP contribution in [0.5, 0.6) is 0 Å². The lowest BCUT2D eigenvalue weighted by molar-refractivity contribution is -0.00526. The number of aliphatic imine (C=N–C) groups is 1. The highest BCUT2D eigenvalue weighted by Gasteiger charge is 2.35. The first kappa shape index (κ1) is 23.2. The highest BCUT2D eigenvalue weighted by atomic mass is 127. The van der Waals surface area contributed by atoms with Crippen LogP contribution in [0.3, 0.4) is 0 Å². The molecule has 6 nitrogen and oxygen atoms in total. The van der Waals surface area contributed by atoms with E-state index in [0.717, 1.165) is 64.7 Å². The van der Waals surface area contributed by atoms with E-state index in [-0.39, 0.29) is 35.3 Å². The second-order valence-electron chi connectivity index (χ2n) is 7.56. The molecule has 0 aromatic heterocycles. The molecule has 0 saturated carbocycles. The first-order chi connectivity index (χ1) is 13.1. The van der Waals surface area contributed by atoms with Crippen LogP contribution in [0.15, 0.2) is 29.3 Å². The van der Waals surface area contributed by atoms with Gasteiger partial charge in [-0.05, 0) is 39.1 Å². The van der Waals surface area contributed by atoms with E-state index >= 15 is 0 Å². The van der Waals surface area contributed by atoms with Crippen LogP contribution in [-0.2, 0) is 4.74 Å².